The van der Waals surface area contributed by atoms with Crippen LogP contribution >= 0.6 is 0 Å². The number of rotatable bonds is 5. The van der Waals surface area contributed by atoms with E-state index < -0.39 is 35.0 Å². The molecule has 2 heterocycles. The minimum Gasteiger partial charge on any atom is -0.372 e. The number of halogens is 3. The van der Waals surface area contributed by atoms with Crippen LogP contribution in [0.5, 0.6) is 0 Å². The van der Waals surface area contributed by atoms with Gasteiger partial charge in [0.25, 0.3) is 5.91 Å². The topological polar surface area (TPSA) is 79.5 Å². The smallest absolute Gasteiger partial charge is 0.372 e. The number of amides is 3. The van der Waals surface area contributed by atoms with Gasteiger partial charge in [0.1, 0.15) is 5.54 Å². The summed E-state index contributed by atoms with van der Waals surface area (Å²) >= 11 is 0. The first-order chi connectivity index (χ1) is 15.5. The summed E-state index contributed by atoms with van der Waals surface area (Å²) in [5.74, 6) is -0.365. The fourth-order valence-electron chi connectivity index (χ4n) is 4.54. The quantitative estimate of drug-likeness (QED) is 0.590. The molecule has 0 saturated carbocycles. The number of hydrogen-bond acceptors (Lipinski definition) is 4. The Hall–Kier alpha value is -2.91. The van der Waals surface area contributed by atoms with Crippen molar-refractivity contribution in [1.29, 1.82) is 0 Å². The van der Waals surface area contributed by atoms with E-state index in [4.69, 9.17) is 4.74 Å². The number of hydrogen-bond donors (Lipinski definition) is 3. The Labute approximate surface area is 189 Å². The van der Waals surface area contributed by atoms with E-state index >= 15 is 0 Å². The molecule has 2 aromatic rings. The van der Waals surface area contributed by atoms with Crippen LogP contribution in [0.2, 0.25) is 0 Å². The average Bonchev–Trinajstić information content (AvgIpc) is 3.05. The van der Waals surface area contributed by atoms with Gasteiger partial charge in [-0.1, -0.05) is 42.0 Å². The molecular weight excluding hydrogens is 435 g/mol. The largest absolute Gasteiger partial charge is 0.416 e. The van der Waals surface area contributed by atoms with Crippen LogP contribution in [-0.4, -0.2) is 30.6 Å². The average molecular weight is 461 g/mol. The van der Waals surface area contributed by atoms with Gasteiger partial charge in [-0.2, -0.15) is 13.2 Å². The van der Waals surface area contributed by atoms with Gasteiger partial charge in [0, 0.05) is 6.54 Å². The minimum atomic E-state index is -4.43. The number of piperidine rings is 1. The predicted octanol–water partition coefficient (Wildman–Crippen LogP) is 3.95. The molecule has 2 aliphatic heterocycles. The van der Waals surface area contributed by atoms with E-state index in [1.165, 1.54) is 0 Å². The van der Waals surface area contributed by atoms with Gasteiger partial charge in [-0.25, -0.2) is 4.79 Å². The van der Waals surface area contributed by atoms with Gasteiger partial charge in [-0.15, -0.1) is 0 Å². The van der Waals surface area contributed by atoms with Crippen LogP contribution in [0.25, 0.3) is 0 Å². The third-order valence-electron chi connectivity index (χ3n) is 6.52. The number of ether oxygens (including phenoxy) is 1. The van der Waals surface area contributed by atoms with Crippen LogP contribution in [0, 0.1) is 6.92 Å². The summed E-state index contributed by atoms with van der Waals surface area (Å²) in [5.41, 5.74) is -0.484. The van der Waals surface area contributed by atoms with Gasteiger partial charge < -0.3 is 15.4 Å². The highest BCUT2D eigenvalue weighted by Gasteiger charge is 2.52. The Morgan fingerprint density at radius 2 is 1.82 bits per heavy atom. The molecule has 3 unspecified atom stereocenters. The molecule has 176 valence electrons. The summed E-state index contributed by atoms with van der Waals surface area (Å²) in [5, 5.41) is 8.41. The fraction of sp³-hybridized carbons (Fsp3) is 0.417. The van der Waals surface area contributed by atoms with Crippen LogP contribution < -0.4 is 16.0 Å². The molecule has 9 heteroatoms. The molecule has 33 heavy (non-hydrogen) atoms. The number of benzene rings is 2. The highest BCUT2D eigenvalue weighted by atomic mass is 19.4. The Morgan fingerprint density at radius 1 is 1.09 bits per heavy atom. The van der Waals surface area contributed by atoms with E-state index in [1.807, 2.05) is 30.3 Å². The maximum atomic E-state index is 13.3. The molecule has 2 aliphatic rings. The van der Waals surface area contributed by atoms with Crippen LogP contribution in [0.4, 0.5) is 18.0 Å². The summed E-state index contributed by atoms with van der Waals surface area (Å²) in [7, 11) is 0. The van der Waals surface area contributed by atoms with Crippen LogP contribution in [0.1, 0.15) is 48.1 Å². The van der Waals surface area contributed by atoms with Gasteiger partial charge in [-0.3, -0.25) is 10.1 Å². The van der Waals surface area contributed by atoms with Gasteiger partial charge in [-0.05, 0) is 49.9 Å². The van der Waals surface area contributed by atoms with E-state index in [9.17, 15) is 22.8 Å². The SMILES string of the molecule is Cc1cc(C(C)OCC2(c3ccccc3)CCC3(CN2)NC(=O)NC3=O)cc(C(F)(F)F)c1. The summed E-state index contributed by atoms with van der Waals surface area (Å²) in [6, 6.07) is 13.0. The summed E-state index contributed by atoms with van der Waals surface area (Å²) in [4.78, 5) is 24.0. The van der Waals surface area contributed by atoms with E-state index in [0.717, 1.165) is 17.7 Å². The zero-order valence-electron chi connectivity index (χ0n) is 18.4. The minimum absolute atomic E-state index is 0.180. The highest BCUT2D eigenvalue weighted by Crippen LogP contribution is 2.37. The molecular formula is C24H26F3N3O3. The number of urea groups is 1. The number of aryl methyl sites for hydroxylation is 1. The Balaban J connectivity index is 1.55. The van der Waals surface area contributed by atoms with Crippen molar-refractivity contribution in [1.82, 2.24) is 16.0 Å². The molecule has 6 nitrogen and oxygen atoms in total. The monoisotopic (exact) mass is 461 g/mol. The lowest BCUT2D eigenvalue weighted by Gasteiger charge is -2.45. The van der Waals surface area contributed by atoms with Crippen LogP contribution in [0.15, 0.2) is 48.5 Å². The maximum Gasteiger partial charge on any atom is 0.416 e. The zero-order chi connectivity index (χ0) is 23.9. The zero-order valence-corrected chi connectivity index (χ0v) is 18.4. The van der Waals surface area contributed by atoms with Crippen molar-refractivity contribution in [3.63, 3.8) is 0 Å². The van der Waals surface area contributed by atoms with Crippen molar-refractivity contribution >= 4 is 11.9 Å². The second-order valence-electron chi connectivity index (χ2n) is 8.88. The van der Waals surface area contributed by atoms with Crippen molar-refractivity contribution < 1.29 is 27.5 Å². The number of alkyl halides is 3. The maximum absolute atomic E-state index is 13.3. The molecule has 2 aromatic carbocycles. The van der Waals surface area contributed by atoms with E-state index in [0.29, 0.717) is 24.0 Å². The lowest BCUT2D eigenvalue weighted by Crippen LogP contribution is -2.64. The number of carbonyl (C=O) groups excluding carboxylic acids is 2. The van der Waals surface area contributed by atoms with Gasteiger partial charge in [0.2, 0.25) is 0 Å². The third kappa shape index (κ3) is 4.60. The highest BCUT2D eigenvalue weighted by molar-refractivity contribution is 6.07. The first kappa shape index (κ1) is 23.3. The second kappa shape index (κ2) is 8.46. The van der Waals surface area contributed by atoms with Gasteiger partial charge in [0.05, 0.1) is 23.8 Å². The second-order valence-corrected chi connectivity index (χ2v) is 8.88. The van der Waals surface area contributed by atoms with Crippen LogP contribution in [0.3, 0.4) is 0 Å². The summed E-state index contributed by atoms with van der Waals surface area (Å²) in [6.45, 7) is 3.74. The van der Waals surface area contributed by atoms with Crippen molar-refractivity contribution in [3.8, 4) is 0 Å². The lowest BCUT2D eigenvalue weighted by molar-refractivity contribution is -0.137. The molecule has 4 rings (SSSR count). The van der Waals surface area contributed by atoms with Gasteiger partial charge >= 0.3 is 12.2 Å². The summed E-state index contributed by atoms with van der Waals surface area (Å²) in [6.07, 6.45) is -4.14. The Bertz CT molecular complexity index is 1050. The van der Waals surface area contributed by atoms with E-state index in [-0.39, 0.29) is 19.1 Å². The van der Waals surface area contributed by atoms with Crippen molar-refractivity contribution in [3.05, 3.63) is 70.8 Å². The van der Waals surface area contributed by atoms with Crippen LogP contribution in [-0.2, 0) is 21.2 Å². The molecule has 1 spiro atoms. The van der Waals surface area contributed by atoms with E-state index in [2.05, 4.69) is 16.0 Å². The molecule has 3 atom stereocenters. The first-order valence-electron chi connectivity index (χ1n) is 10.8. The molecule has 0 radical (unpaired) electrons. The normalized spacial score (nSPS) is 26.2. The summed E-state index contributed by atoms with van der Waals surface area (Å²) < 4.78 is 45.9. The Morgan fingerprint density at radius 3 is 2.39 bits per heavy atom. The molecule has 0 bridgehead atoms. The standard InChI is InChI=1S/C24H26F3N3O3/c1-15-10-17(12-19(11-15)24(25,26)27)16(2)33-14-23(18-6-4-3-5-7-18)9-8-22(13-28-23)20(31)29-21(32)30-22/h3-7,10-12,16,28H,8-9,13-14H2,1-2H3,(H2,29,30,31,32). The molecule has 2 fully saturated rings. The number of imide groups is 1. The molecule has 0 aliphatic carbocycles. The predicted molar refractivity (Wildman–Crippen MR) is 115 cm³/mol. The molecule has 2 saturated heterocycles. The van der Waals surface area contributed by atoms with Crippen molar-refractivity contribution in [2.75, 3.05) is 13.2 Å². The van der Waals surface area contributed by atoms with Crippen molar-refractivity contribution in [2.24, 2.45) is 0 Å². The molecule has 3 amide bonds. The molecule has 3 N–H and O–H groups in total. The van der Waals surface area contributed by atoms with Gasteiger partial charge in [0.15, 0.2) is 0 Å². The first-order valence-corrected chi connectivity index (χ1v) is 10.8. The van der Waals surface area contributed by atoms with E-state index in [1.54, 1.807) is 19.9 Å². The Kier molecular flexibility index (Phi) is 5.96. The van der Waals surface area contributed by atoms with Crippen molar-refractivity contribution in [2.45, 2.75) is 50.0 Å². The number of nitrogens with one attached hydrogen (secondary N) is 3. The molecule has 0 aromatic heterocycles. The number of carbonyl (C=O) groups is 2. The third-order valence-corrected chi connectivity index (χ3v) is 6.52. The lowest BCUT2D eigenvalue weighted by atomic mass is 9.76. The fourth-order valence-corrected chi connectivity index (χ4v) is 4.54.